The van der Waals surface area contributed by atoms with E-state index in [1.165, 1.54) is 0 Å². The Hall–Kier alpha value is -3.12. The normalized spacial score (nSPS) is 20.7. The number of halogens is 3. The Morgan fingerprint density at radius 1 is 1.05 bits per heavy atom. The molecule has 2 aromatic carbocycles. The minimum absolute atomic E-state index is 0.0506. The molecular formula is C31H34Cl3N7O3. The molecule has 4 aromatic rings. The number of hydrogen-bond donors (Lipinski definition) is 0. The number of benzene rings is 2. The van der Waals surface area contributed by atoms with E-state index >= 15 is 0 Å². The van der Waals surface area contributed by atoms with Crippen LogP contribution in [0.15, 0.2) is 73.7 Å². The van der Waals surface area contributed by atoms with Gasteiger partial charge in [-0.15, -0.1) is 0 Å². The average molecular weight is 659 g/mol. The van der Waals surface area contributed by atoms with Crippen molar-refractivity contribution in [2.75, 3.05) is 39.3 Å². The van der Waals surface area contributed by atoms with Gasteiger partial charge in [-0.3, -0.25) is 4.90 Å². The van der Waals surface area contributed by atoms with Crippen molar-refractivity contribution >= 4 is 40.8 Å². The number of rotatable bonds is 9. The summed E-state index contributed by atoms with van der Waals surface area (Å²) in [5.41, 5.74) is 2.74. The monoisotopic (exact) mass is 657 g/mol. The van der Waals surface area contributed by atoms with Gasteiger partial charge in [0.1, 0.15) is 6.10 Å². The summed E-state index contributed by atoms with van der Waals surface area (Å²) in [5, 5.41) is 1.58. The molecule has 0 bridgehead atoms. The number of ether oxygens (including phenoxy) is 2. The van der Waals surface area contributed by atoms with E-state index in [4.69, 9.17) is 44.3 Å². The largest absolute Gasteiger partial charge is 0.342 e. The third kappa shape index (κ3) is 7.06. The van der Waals surface area contributed by atoms with Crippen molar-refractivity contribution < 1.29 is 14.3 Å². The Bertz CT molecular complexity index is 1580. The fourth-order valence-electron chi connectivity index (χ4n) is 5.76. The molecule has 0 spiro atoms. The van der Waals surface area contributed by atoms with E-state index in [9.17, 15) is 4.79 Å². The highest BCUT2D eigenvalue weighted by atomic mass is 35.5. The summed E-state index contributed by atoms with van der Waals surface area (Å²) in [6.07, 6.45) is 8.52. The molecule has 0 N–H and O–H groups in total. The van der Waals surface area contributed by atoms with Gasteiger partial charge in [0, 0.05) is 80.5 Å². The number of amides is 2. The van der Waals surface area contributed by atoms with Crippen molar-refractivity contribution in [3.63, 3.8) is 0 Å². The lowest BCUT2D eigenvalue weighted by Crippen LogP contribution is -2.53. The number of aryl methyl sites for hydroxylation is 1. The minimum atomic E-state index is -1.19. The molecule has 2 aliphatic heterocycles. The van der Waals surface area contributed by atoms with Crippen LogP contribution in [0.2, 0.25) is 15.1 Å². The van der Waals surface area contributed by atoms with Gasteiger partial charge in [0.2, 0.25) is 5.79 Å². The van der Waals surface area contributed by atoms with Gasteiger partial charge in [-0.25, -0.2) is 14.8 Å². The van der Waals surface area contributed by atoms with Crippen molar-refractivity contribution in [2.24, 2.45) is 7.05 Å². The van der Waals surface area contributed by atoms with Crippen molar-refractivity contribution in [1.29, 1.82) is 0 Å². The van der Waals surface area contributed by atoms with Crippen LogP contribution >= 0.6 is 34.8 Å². The first-order chi connectivity index (χ1) is 21.3. The lowest BCUT2D eigenvalue weighted by Gasteiger charge is -2.38. The predicted octanol–water partition coefficient (Wildman–Crippen LogP) is 5.29. The topological polar surface area (TPSA) is 80.9 Å². The van der Waals surface area contributed by atoms with Crippen molar-refractivity contribution in [1.82, 2.24) is 33.8 Å². The maximum absolute atomic E-state index is 14.1. The van der Waals surface area contributed by atoms with Gasteiger partial charge in [-0.1, -0.05) is 53.0 Å². The molecule has 4 heterocycles. The smallest absolute Gasteiger partial charge is 0.320 e. The third-order valence-corrected chi connectivity index (χ3v) is 8.84. The number of imidazole rings is 2. The van der Waals surface area contributed by atoms with E-state index < -0.39 is 11.9 Å². The maximum Gasteiger partial charge on any atom is 0.320 e. The lowest BCUT2D eigenvalue weighted by atomic mass is 10.1. The van der Waals surface area contributed by atoms with Gasteiger partial charge < -0.3 is 28.4 Å². The fourth-order valence-corrected chi connectivity index (χ4v) is 6.52. The van der Waals surface area contributed by atoms with Crippen LogP contribution in [0.1, 0.15) is 16.8 Å². The molecule has 232 valence electrons. The van der Waals surface area contributed by atoms with Crippen molar-refractivity contribution in [3.05, 3.63) is 106 Å². The number of hydrogen-bond acceptors (Lipinski definition) is 6. The third-order valence-electron chi connectivity index (χ3n) is 8.05. The van der Waals surface area contributed by atoms with E-state index in [1.54, 1.807) is 24.7 Å². The first-order valence-corrected chi connectivity index (χ1v) is 15.6. The Kier molecular flexibility index (Phi) is 9.46. The molecule has 2 atom stereocenters. The Balaban J connectivity index is 1.19. The summed E-state index contributed by atoms with van der Waals surface area (Å²) in [7, 11) is 2.00. The molecule has 2 saturated heterocycles. The maximum atomic E-state index is 14.1. The second kappa shape index (κ2) is 13.5. The summed E-state index contributed by atoms with van der Waals surface area (Å²) in [5.74, 6) is -1.19. The second-order valence-electron chi connectivity index (χ2n) is 11.2. The summed E-state index contributed by atoms with van der Waals surface area (Å²) in [6, 6.07) is 12.8. The Morgan fingerprint density at radius 3 is 2.57 bits per heavy atom. The zero-order valence-electron chi connectivity index (χ0n) is 24.4. The highest BCUT2D eigenvalue weighted by Crippen LogP contribution is 2.41. The summed E-state index contributed by atoms with van der Waals surface area (Å²) in [4.78, 5) is 28.6. The molecular weight excluding hydrogens is 625 g/mol. The summed E-state index contributed by atoms with van der Waals surface area (Å²) >= 11 is 19.2. The number of piperazine rings is 1. The number of urea groups is 1. The molecule has 2 aromatic heterocycles. The Morgan fingerprint density at radius 2 is 1.86 bits per heavy atom. The lowest BCUT2D eigenvalue weighted by molar-refractivity contribution is -0.188. The first kappa shape index (κ1) is 30.9. The van der Waals surface area contributed by atoms with Gasteiger partial charge in [-0.05, 0) is 29.8 Å². The van der Waals surface area contributed by atoms with Crippen LogP contribution in [0.5, 0.6) is 0 Å². The van der Waals surface area contributed by atoms with Gasteiger partial charge >= 0.3 is 6.03 Å². The van der Waals surface area contributed by atoms with Gasteiger partial charge in [-0.2, -0.15) is 0 Å². The van der Waals surface area contributed by atoms with Crippen LogP contribution in [-0.2, 0) is 41.9 Å². The van der Waals surface area contributed by atoms with Crippen molar-refractivity contribution in [2.45, 2.75) is 31.5 Å². The van der Waals surface area contributed by atoms with Crippen LogP contribution in [0.25, 0.3) is 0 Å². The quantitative estimate of drug-likeness (QED) is 0.243. The predicted molar refractivity (Wildman–Crippen MR) is 169 cm³/mol. The van der Waals surface area contributed by atoms with Crippen LogP contribution in [0.4, 0.5) is 4.79 Å². The van der Waals surface area contributed by atoms with Crippen molar-refractivity contribution in [3.8, 4) is 0 Å². The molecule has 2 amide bonds. The zero-order chi connectivity index (χ0) is 30.7. The molecule has 10 nitrogen and oxygen atoms in total. The molecule has 13 heteroatoms. The SMILES string of the molecule is Cn1cncc1CN1CCN(C(=O)N(Cc2cccc(Cl)c2)C[C@@H]2CO[C@@](Cn3ccnc3)(c3ccc(Cl)cc3Cl)O2)CC1. The molecule has 0 saturated carbocycles. The van der Waals surface area contributed by atoms with E-state index in [-0.39, 0.29) is 12.6 Å². The fraction of sp³-hybridized carbons (Fsp3) is 0.387. The summed E-state index contributed by atoms with van der Waals surface area (Å²) in [6.45, 7) is 4.87. The van der Waals surface area contributed by atoms with Crippen LogP contribution < -0.4 is 0 Å². The van der Waals surface area contributed by atoms with Gasteiger partial charge in [0.05, 0.1) is 43.1 Å². The molecule has 44 heavy (non-hydrogen) atoms. The van der Waals surface area contributed by atoms with E-state index in [0.717, 1.165) is 30.9 Å². The standard InChI is InChI=1S/C31H34Cl3N7O3/c1-37-21-36-15-26(37)17-38-9-11-40(12-10-38)30(42)41(16-23-3-2-4-24(32)13-23)18-27-19-43-31(44-27,20-39-8-7-35-22-39)28-6-5-25(33)14-29(28)34/h2-8,13-15,21-22,27H,9-12,16-20H2,1H3/t27-,31-/m1/s1. The first-order valence-electron chi connectivity index (χ1n) is 14.5. The minimum Gasteiger partial charge on any atom is -0.342 e. The second-order valence-corrected chi connectivity index (χ2v) is 12.5. The van der Waals surface area contributed by atoms with Gasteiger partial charge in [0.25, 0.3) is 0 Å². The average Bonchev–Trinajstić information content (AvgIpc) is 3.76. The zero-order valence-corrected chi connectivity index (χ0v) is 26.6. The number of carbonyl (C=O) groups is 1. The molecule has 0 aliphatic carbocycles. The number of aromatic nitrogens is 4. The van der Waals surface area contributed by atoms with Crippen LogP contribution in [0.3, 0.4) is 0 Å². The molecule has 2 fully saturated rings. The highest BCUT2D eigenvalue weighted by molar-refractivity contribution is 6.35. The molecule has 2 aliphatic rings. The van der Waals surface area contributed by atoms with E-state index in [0.29, 0.717) is 53.4 Å². The summed E-state index contributed by atoms with van der Waals surface area (Å²) < 4.78 is 17.0. The molecule has 0 radical (unpaired) electrons. The molecule has 0 unspecified atom stereocenters. The van der Waals surface area contributed by atoms with E-state index in [1.807, 2.05) is 75.0 Å². The van der Waals surface area contributed by atoms with E-state index in [2.05, 4.69) is 14.9 Å². The van der Waals surface area contributed by atoms with Crippen LogP contribution in [0, 0.1) is 0 Å². The van der Waals surface area contributed by atoms with Gasteiger partial charge in [0.15, 0.2) is 0 Å². The number of carbonyl (C=O) groups excluding carboxylic acids is 1. The molecule has 6 rings (SSSR count). The van der Waals surface area contributed by atoms with Crippen LogP contribution in [-0.4, -0.2) is 85.3 Å². The highest BCUT2D eigenvalue weighted by Gasteiger charge is 2.46. The Labute approximate surface area is 271 Å². The number of nitrogens with zero attached hydrogens (tertiary/aromatic N) is 7.